The highest BCUT2D eigenvalue weighted by molar-refractivity contribution is 7.89. The van der Waals surface area contributed by atoms with Crippen LogP contribution in [0.5, 0.6) is 0 Å². The molecule has 0 saturated heterocycles. The molecule has 0 aliphatic heterocycles. The lowest BCUT2D eigenvalue weighted by Crippen LogP contribution is -2.29. The number of halogens is 1. The summed E-state index contributed by atoms with van der Waals surface area (Å²) in [6.45, 7) is 0. The molecule has 0 heterocycles. The highest BCUT2D eigenvalue weighted by Crippen LogP contribution is 2.33. The van der Waals surface area contributed by atoms with Gasteiger partial charge in [-0.25, -0.2) is 13.6 Å². The van der Waals surface area contributed by atoms with Crippen molar-refractivity contribution in [3.63, 3.8) is 0 Å². The average Bonchev–Trinajstić information content (AvgIpc) is 3.19. The fraction of sp³-hybridized carbons (Fsp3) is 0.364. The number of non-ortho nitro benzene ring substituents is 1. The van der Waals surface area contributed by atoms with E-state index in [-0.39, 0.29) is 11.6 Å². The van der Waals surface area contributed by atoms with Gasteiger partial charge in [0.25, 0.3) is 11.6 Å². The van der Waals surface area contributed by atoms with Gasteiger partial charge in [0.1, 0.15) is 4.90 Å². The first-order valence-electron chi connectivity index (χ1n) is 5.91. The summed E-state index contributed by atoms with van der Waals surface area (Å²) in [5.41, 5.74) is -0.805. The van der Waals surface area contributed by atoms with Crippen molar-refractivity contribution in [3.8, 4) is 0 Å². The molecule has 2 N–H and O–H groups in total. The van der Waals surface area contributed by atoms with E-state index in [2.05, 4.69) is 0 Å². The third-order valence-electron chi connectivity index (χ3n) is 3.19. The molecule has 1 amide bonds. The summed E-state index contributed by atoms with van der Waals surface area (Å²) in [6.07, 6.45) is 1.66. The van der Waals surface area contributed by atoms with Crippen LogP contribution in [0, 0.1) is 10.1 Å². The van der Waals surface area contributed by atoms with Crippen molar-refractivity contribution in [1.29, 1.82) is 0 Å². The van der Waals surface area contributed by atoms with Gasteiger partial charge in [-0.15, -0.1) is 0 Å². The Balaban J connectivity index is 2.61. The summed E-state index contributed by atoms with van der Waals surface area (Å²) < 4.78 is 22.9. The maximum Gasteiger partial charge on any atom is 0.271 e. The molecule has 0 unspecified atom stereocenters. The maximum atomic E-state index is 12.3. The molecule has 21 heavy (non-hydrogen) atoms. The van der Waals surface area contributed by atoms with E-state index in [1.54, 1.807) is 0 Å². The molecule has 0 aromatic heterocycles. The van der Waals surface area contributed by atoms with Gasteiger partial charge in [-0.05, 0) is 12.8 Å². The van der Waals surface area contributed by atoms with Gasteiger partial charge in [-0.1, -0.05) is 11.6 Å². The lowest BCUT2D eigenvalue weighted by Gasteiger charge is -2.17. The van der Waals surface area contributed by atoms with Crippen molar-refractivity contribution in [1.82, 2.24) is 4.90 Å². The second kappa shape index (κ2) is 5.24. The lowest BCUT2D eigenvalue weighted by atomic mass is 10.1. The van der Waals surface area contributed by atoms with Gasteiger partial charge in [0.15, 0.2) is 0 Å². The molecule has 10 heteroatoms. The van der Waals surface area contributed by atoms with Gasteiger partial charge >= 0.3 is 0 Å². The van der Waals surface area contributed by atoms with Crippen LogP contribution in [0.1, 0.15) is 23.2 Å². The lowest BCUT2D eigenvalue weighted by molar-refractivity contribution is -0.385. The first-order valence-corrected chi connectivity index (χ1v) is 7.83. The third-order valence-corrected chi connectivity index (χ3v) is 4.64. The number of amides is 1. The molecule has 1 aliphatic rings. The summed E-state index contributed by atoms with van der Waals surface area (Å²) in [7, 11) is -2.75. The minimum Gasteiger partial charge on any atom is -0.339 e. The second-order valence-corrected chi connectivity index (χ2v) is 6.66. The summed E-state index contributed by atoms with van der Waals surface area (Å²) in [5, 5.41) is 15.5. The molecule has 0 atom stereocenters. The molecule has 2 rings (SSSR count). The molecule has 1 fully saturated rings. The number of nitro benzene ring substituents is 1. The Morgan fingerprint density at radius 2 is 2.05 bits per heavy atom. The second-order valence-electron chi connectivity index (χ2n) is 4.75. The molecule has 1 aromatic carbocycles. The first kappa shape index (κ1) is 15.7. The van der Waals surface area contributed by atoms with Crippen molar-refractivity contribution in [2.75, 3.05) is 7.05 Å². The molecule has 0 spiro atoms. The Morgan fingerprint density at radius 3 is 2.48 bits per heavy atom. The van der Waals surface area contributed by atoms with E-state index in [0.29, 0.717) is 0 Å². The largest absolute Gasteiger partial charge is 0.339 e. The van der Waals surface area contributed by atoms with E-state index in [0.717, 1.165) is 25.0 Å². The van der Waals surface area contributed by atoms with Crippen molar-refractivity contribution in [2.45, 2.75) is 23.8 Å². The average molecular weight is 334 g/mol. The summed E-state index contributed by atoms with van der Waals surface area (Å²) in [4.78, 5) is 23.1. The van der Waals surface area contributed by atoms with Crippen LogP contribution in [0.15, 0.2) is 17.0 Å². The van der Waals surface area contributed by atoms with E-state index < -0.39 is 36.5 Å². The summed E-state index contributed by atoms with van der Waals surface area (Å²) in [5.74, 6) is -0.573. The number of benzene rings is 1. The zero-order valence-electron chi connectivity index (χ0n) is 10.9. The molecule has 1 aromatic rings. The number of carbonyl (C=O) groups excluding carboxylic acids is 1. The molecule has 1 saturated carbocycles. The van der Waals surface area contributed by atoms with E-state index in [1.807, 2.05) is 0 Å². The van der Waals surface area contributed by atoms with Crippen molar-refractivity contribution >= 4 is 33.2 Å². The number of carbonyl (C=O) groups is 1. The number of nitrogens with two attached hydrogens (primary N) is 1. The highest BCUT2D eigenvalue weighted by atomic mass is 35.5. The molecular weight excluding hydrogens is 322 g/mol. The van der Waals surface area contributed by atoms with Gasteiger partial charge in [0.2, 0.25) is 10.0 Å². The SMILES string of the molecule is CN(C(=O)c1cc([N+](=O)[O-])cc(S(N)(=O)=O)c1Cl)C1CC1. The maximum absolute atomic E-state index is 12.3. The highest BCUT2D eigenvalue weighted by Gasteiger charge is 2.33. The monoisotopic (exact) mass is 333 g/mol. The van der Waals surface area contributed by atoms with Crippen molar-refractivity contribution < 1.29 is 18.1 Å². The topological polar surface area (TPSA) is 124 Å². The van der Waals surface area contributed by atoms with Crippen molar-refractivity contribution in [2.24, 2.45) is 5.14 Å². The zero-order valence-corrected chi connectivity index (χ0v) is 12.5. The van der Waals surface area contributed by atoms with Gasteiger partial charge in [0.05, 0.1) is 15.5 Å². The summed E-state index contributed by atoms with van der Waals surface area (Å²) >= 11 is 5.90. The standard InChI is InChI=1S/C11H12ClN3O5S/c1-14(6-2-3-6)11(16)8-4-7(15(17)18)5-9(10(8)12)21(13,19)20/h4-6H,2-3H2,1H3,(H2,13,19,20). The number of rotatable bonds is 4. The minimum absolute atomic E-state index is 0.0470. The van der Waals surface area contributed by atoms with Gasteiger partial charge in [-0.3, -0.25) is 14.9 Å². The smallest absolute Gasteiger partial charge is 0.271 e. The Bertz CT molecular complexity index is 730. The number of primary sulfonamides is 1. The van der Waals surface area contributed by atoms with E-state index in [1.165, 1.54) is 11.9 Å². The molecule has 0 bridgehead atoms. The molecule has 0 radical (unpaired) electrons. The van der Waals surface area contributed by atoms with Crippen LogP contribution in [0.4, 0.5) is 5.69 Å². The summed E-state index contributed by atoms with van der Waals surface area (Å²) in [6, 6.07) is 1.75. The fourth-order valence-electron chi connectivity index (χ4n) is 1.87. The van der Waals surface area contributed by atoms with Crippen LogP contribution >= 0.6 is 11.6 Å². The fourth-order valence-corrected chi connectivity index (χ4v) is 3.03. The van der Waals surface area contributed by atoms with Gasteiger partial charge in [0, 0.05) is 25.2 Å². The van der Waals surface area contributed by atoms with E-state index >= 15 is 0 Å². The number of sulfonamides is 1. The van der Waals surface area contributed by atoms with Crippen molar-refractivity contribution in [3.05, 3.63) is 32.8 Å². The Hall–Kier alpha value is -1.71. The van der Waals surface area contributed by atoms with Crippen LogP contribution in [0.2, 0.25) is 5.02 Å². The Morgan fingerprint density at radius 1 is 1.48 bits per heavy atom. The molecule has 114 valence electrons. The first-order chi connectivity index (χ1) is 9.62. The van der Waals surface area contributed by atoms with Crippen LogP contribution in [0.25, 0.3) is 0 Å². The minimum atomic E-state index is -4.28. The quantitative estimate of drug-likeness (QED) is 0.653. The number of nitro groups is 1. The molecule has 1 aliphatic carbocycles. The van der Waals surface area contributed by atoms with Crippen LogP contribution in [-0.4, -0.2) is 37.2 Å². The normalized spacial score (nSPS) is 14.8. The van der Waals surface area contributed by atoms with Crippen LogP contribution in [-0.2, 0) is 10.0 Å². The van der Waals surface area contributed by atoms with Gasteiger partial charge in [-0.2, -0.15) is 0 Å². The molecule has 8 nitrogen and oxygen atoms in total. The Labute approximate surface area is 125 Å². The number of hydrogen-bond acceptors (Lipinski definition) is 5. The van der Waals surface area contributed by atoms with E-state index in [9.17, 15) is 23.3 Å². The van der Waals surface area contributed by atoms with Crippen LogP contribution in [0.3, 0.4) is 0 Å². The zero-order chi connectivity index (χ0) is 15.9. The molecular formula is C11H12ClN3O5S. The van der Waals surface area contributed by atoms with E-state index in [4.69, 9.17) is 16.7 Å². The predicted molar refractivity (Wildman–Crippen MR) is 74.6 cm³/mol. The number of hydrogen-bond donors (Lipinski definition) is 1. The van der Waals surface area contributed by atoms with Gasteiger partial charge < -0.3 is 4.90 Å². The number of nitrogens with zero attached hydrogens (tertiary/aromatic N) is 2. The van der Waals surface area contributed by atoms with Crippen LogP contribution < -0.4 is 5.14 Å². The predicted octanol–water partition coefficient (Wildman–Crippen LogP) is 1.13. The third kappa shape index (κ3) is 3.14. The Kier molecular flexibility index (Phi) is 3.91.